The molecule has 18 heavy (non-hydrogen) atoms. The van der Waals surface area contributed by atoms with E-state index in [4.69, 9.17) is 10.5 Å². The van der Waals surface area contributed by atoms with Crippen molar-refractivity contribution in [2.75, 3.05) is 6.61 Å². The lowest BCUT2D eigenvalue weighted by Crippen LogP contribution is -2.39. The van der Waals surface area contributed by atoms with E-state index in [1.807, 2.05) is 6.92 Å². The highest BCUT2D eigenvalue weighted by Crippen LogP contribution is 2.18. The van der Waals surface area contributed by atoms with Crippen LogP contribution in [0.4, 0.5) is 0 Å². The third-order valence-corrected chi connectivity index (χ3v) is 3.52. The van der Waals surface area contributed by atoms with Crippen molar-refractivity contribution in [2.45, 2.75) is 59.1 Å². The minimum absolute atomic E-state index is 0.0877. The summed E-state index contributed by atoms with van der Waals surface area (Å²) < 4.78 is 5.77. The van der Waals surface area contributed by atoms with Crippen molar-refractivity contribution >= 4 is 0 Å². The third kappa shape index (κ3) is 4.11. The van der Waals surface area contributed by atoms with Crippen LogP contribution in [0.25, 0.3) is 0 Å². The summed E-state index contributed by atoms with van der Waals surface area (Å²) in [6, 6.07) is 6.51. The maximum Gasteiger partial charge on any atom is 0.0728 e. The molecule has 0 saturated heterocycles. The minimum Gasteiger partial charge on any atom is -0.377 e. The fourth-order valence-electron chi connectivity index (χ4n) is 2.46. The quantitative estimate of drug-likeness (QED) is 0.804. The zero-order chi connectivity index (χ0) is 13.5. The average Bonchev–Trinajstić information content (AvgIpc) is 2.33. The summed E-state index contributed by atoms with van der Waals surface area (Å²) in [5.41, 5.74) is 10.4. The number of nitrogens with two attached hydrogens (primary N) is 1. The number of benzene rings is 1. The molecule has 0 spiro atoms. The molecular formula is C16H27NO. The summed E-state index contributed by atoms with van der Waals surface area (Å²) in [4.78, 5) is 0. The van der Waals surface area contributed by atoms with E-state index in [-0.39, 0.29) is 12.1 Å². The van der Waals surface area contributed by atoms with Crippen LogP contribution in [0, 0.1) is 13.8 Å². The molecule has 0 saturated carbocycles. The van der Waals surface area contributed by atoms with Crippen molar-refractivity contribution in [3.05, 3.63) is 34.9 Å². The predicted octanol–water partition coefficient (Wildman–Crippen LogP) is 3.38. The van der Waals surface area contributed by atoms with Crippen LogP contribution in [0.2, 0.25) is 0 Å². The Bertz CT molecular complexity index is 336. The van der Waals surface area contributed by atoms with Gasteiger partial charge in [-0.05, 0) is 50.3 Å². The molecule has 2 N–H and O–H groups in total. The molecule has 0 bridgehead atoms. The van der Waals surface area contributed by atoms with Crippen LogP contribution in [0.1, 0.15) is 43.4 Å². The lowest BCUT2D eigenvalue weighted by Gasteiger charge is -2.24. The molecule has 102 valence electrons. The Balaban J connectivity index is 2.75. The normalized spacial score (nSPS) is 14.5. The van der Waals surface area contributed by atoms with Crippen molar-refractivity contribution < 1.29 is 4.74 Å². The molecule has 0 amide bonds. The molecular weight excluding hydrogens is 222 g/mol. The third-order valence-electron chi connectivity index (χ3n) is 3.52. The molecule has 1 rings (SSSR count). The van der Waals surface area contributed by atoms with E-state index in [0.717, 1.165) is 25.9 Å². The standard InChI is InChI=1S/C16H27NO/c1-5-8-16(18-6-2)15(17)11-14-12(3)9-7-10-13(14)4/h7,9-10,15-16H,5-6,8,11,17H2,1-4H3. The summed E-state index contributed by atoms with van der Waals surface area (Å²) >= 11 is 0. The lowest BCUT2D eigenvalue weighted by molar-refractivity contribution is 0.0378. The second-order valence-electron chi connectivity index (χ2n) is 5.02. The molecule has 2 heteroatoms. The van der Waals surface area contributed by atoms with Gasteiger partial charge in [-0.3, -0.25) is 0 Å². The van der Waals surface area contributed by atoms with Gasteiger partial charge in [0.05, 0.1) is 6.10 Å². The molecule has 0 fully saturated rings. The number of aryl methyl sites for hydroxylation is 2. The number of ether oxygens (including phenoxy) is 1. The summed E-state index contributed by atoms with van der Waals surface area (Å²) in [7, 11) is 0. The first-order valence-electron chi connectivity index (χ1n) is 7.02. The zero-order valence-corrected chi connectivity index (χ0v) is 12.2. The summed E-state index contributed by atoms with van der Waals surface area (Å²) in [5, 5.41) is 0. The van der Waals surface area contributed by atoms with Gasteiger partial charge in [0.15, 0.2) is 0 Å². The topological polar surface area (TPSA) is 35.2 Å². The van der Waals surface area contributed by atoms with Gasteiger partial charge in [-0.25, -0.2) is 0 Å². The first-order chi connectivity index (χ1) is 8.60. The maximum atomic E-state index is 6.33. The van der Waals surface area contributed by atoms with Crippen LogP contribution in [0.15, 0.2) is 18.2 Å². The highest BCUT2D eigenvalue weighted by atomic mass is 16.5. The highest BCUT2D eigenvalue weighted by molar-refractivity contribution is 5.34. The maximum absolute atomic E-state index is 6.33. The van der Waals surface area contributed by atoms with Crippen molar-refractivity contribution in [2.24, 2.45) is 5.73 Å². The molecule has 2 atom stereocenters. The van der Waals surface area contributed by atoms with Crippen LogP contribution in [0.5, 0.6) is 0 Å². The second-order valence-corrected chi connectivity index (χ2v) is 5.02. The molecule has 1 aromatic carbocycles. The lowest BCUT2D eigenvalue weighted by atomic mass is 9.93. The highest BCUT2D eigenvalue weighted by Gasteiger charge is 2.19. The van der Waals surface area contributed by atoms with Crippen LogP contribution < -0.4 is 5.73 Å². The Morgan fingerprint density at radius 3 is 2.28 bits per heavy atom. The van der Waals surface area contributed by atoms with E-state index in [9.17, 15) is 0 Å². The first-order valence-corrected chi connectivity index (χ1v) is 7.02. The molecule has 0 heterocycles. The summed E-state index contributed by atoms with van der Waals surface area (Å²) in [5.74, 6) is 0. The predicted molar refractivity (Wildman–Crippen MR) is 77.9 cm³/mol. The van der Waals surface area contributed by atoms with Crippen LogP contribution in [0.3, 0.4) is 0 Å². The molecule has 0 radical (unpaired) electrons. The fraction of sp³-hybridized carbons (Fsp3) is 0.625. The van der Waals surface area contributed by atoms with E-state index in [1.165, 1.54) is 16.7 Å². The zero-order valence-electron chi connectivity index (χ0n) is 12.2. The van der Waals surface area contributed by atoms with Crippen LogP contribution >= 0.6 is 0 Å². The van der Waals surface area contributed by atoms with Gasteiger partial charge < -0.3 is 10.5 Å². The SMILES string of the molecule is CCCC(OCC)C(N)Cc1c(C)cccc1C. The second kappa shape index (κ2) is 7.55. The largest absolute Gasteiger partial charge is 0.377 e. The van der Waals surface area contributed by atoms with Gasteiger partial charge in [0, 0.05) is 12.6 Å². The van der Waals surface area contributed by atoms with Crippen molar-refractivity contribution in [3.63, 3.8) is 0 Å². The Kier molecular flexibility index (Phi) is 6.37. The molecule has 0 aliphatic heterocycles. The number of hydrogen-bond donors (Lipinski definition) is 1. The van der Waals surface area contributed by atoms with Gasteiger partial charge in [0.1, 0.15) is 0 Å². The van der Waals surface area contributed by atoms with E-state index in [2.05, 4.69) is 39.0 Å². The molecule has 0 aromatic heterocycles. The van der Waals surface area contributed by atoms with E-state index in [0.29, 0.717) is 0 Å². The fourth-order valence-corrected chi connectivity index (χ4v) is 2.46. The molecule has 0 aliphatic rings. The van der Waals surface area contributed by atoms with E-state index in [1.54, 1.807) is 0 Å². The van der Waals surface area contributed by atoms with Gasteiger partial charge in [0.2, 0.25) is 0 Å². The van der Waals surface area contributed by atoms with E-state index < -0.39 is 0 Å². The van der Waals surface area contributed by atoms with Crippen LogP contribution in [-0.4, -0.2) is 18.8 Å². The van der Waals surface area contributed by atoms with Gasteiger partial charge >= 0.3 is 0 Å². The number of rotatable bonds is 7. The van der Waals surface area contributed by atoms with Crippen LogP contribution in [-0.2, 0) is 11.2 Å². The monoisotopic (exact) mass is 249 g/mol. The minimum atomic E-state index is 0.0877. The molecule has 2 unspecified atom stereocenters. The van der Waals surface area contributed by atoms with Gasteiger partial charge in [0.25, 0.3) is 0 Å². The molecule has 2 nitrogen and oxygen atoms in total. The van der Waals surface area contributed by atoms with Gasteiger partial charge in [-0.2, -0.15) is 0 Å². The van der Waals surface area contributed by atoms with Crippen molar-refractivity contribution in [1.29, 1.82) is 0 Å². The Labute approximate surface area is 112 Å². The van der Waals surface area contributed by atoms with Gasteiger partial charge in [-0.15, -0.1) is 0 Å². The van der Waals surface area contributed by atoms with Crippen molar-refractivity contribution in [1.82, 2.24) is 0 Å². The Hall–Kier alpha value is -0.860. The number of hydrogen-bond acceptors (Lipinski definition) is 2. The van der Waals surface area contributed by atoms with Gasteiger partial charge in [-0.1, -0.05) is 31.5 Å². The summed E-state index contributed by atoms with van der Waals surface area (Å²) in [6.45, 7) is 9.27. The average molecular weight is 249 g/mol. The van der Waals surface area contributed by atoms with E-state index >= 15 is 0 Å². The van der Waals surface area contributed by atoms with Crippen molar-refractivity contribution in [3.8, 4) is 0 Å². The Morgan fingerprint density at radius 2 is 1.78 bits per heavy atom. The molecule has 0 aliphatic carbocycles. The first kappa shape index (κ1) is 15.2. The smallest absolute Gasteiger partial charge is 0.0728 e. The summed E-state index contributed by atoms with van der Waals surface area (Å²) in [6.07, 6.45) is 3.24. The Morgan fingerprint density at radius 1 is 1.17 bits per heavy atom. The molecule has 1 aromatic rings.